The minimum absolute atomic E-state index is 0.441. The molecule has 1 N–H and O–H groups in total. The summed E-state index contributed by atoms with van der Waals surface area (Å²) < 4.78 is 12.6. The first-order valence-electron chi connectivity index (χ1n) is 7.09. The number of hydrogen-bond donors (Lipinski definition) is 1. The lowest BCUT2D eigenvalue weighted by Crippen LogP contribution is -2.10. The molecule has 1 aromatic carbocycles. The van der Waals surface area contributed by atoms with E-state index < -0.39 is 6.10 Å². The summed E-state index contributed by atoms with van der Waals surface area (Å²) in [6.07, 6.45) is 4.49. The van der Waals surface area contributed by atoms with Crippen LogP contribution in [0.1, 0.15) is 30.8 Å². The minimum Gasteiger partial charge on any atom is -0.497 e. The third-order valence-electron chi connectivity index (χ3n) is 3.44. The first-order chi connectivity index (χ1) is 10.2. The van der Waals surface area contributed by atoms with Gasteiger partial charge in [0.05, 0.1) is 20.3 Å². The molecule has 1 aromatic heterocycles. The van der Waals surface area contributed by atoms with Crippen molar-refractivity contribution in [2.75, 3.05) is 14.2 Å². The highest BCUT2D eigenvalue weighted by Gasteiger charge is 2.17. The molecule has 0 aliphatic carbocycles. The van der Waals surface area contributed by atoms with Crippen molar-refractivity contribution in [3.05, 3.63) is 42.0 Å². The molecule has 0 spiro atoms. The van der Waals surface area contributed by atoms with Crippen LogP contribution in [0.15, 0.2) is 30.6 Å². The van der Waals surface area contributed by atoms with Gasteiger partial charge in [-0.3, -0.25) is 0 Å². The predicted octanol–water partition coefficient (Wildman–Crippen LogP) is 2.59. The summed E-state index contributed by atoms with van der Waals surface area (Å²) in [6, 6.07) is 5.42. The van der Waals surface area contributed by atoms with E-state index in [1.807, 2.05) is 12.3 Å². The van der Waals surface area contributed by atoms with E-state index in [2.05, 4.69) is 16.5 Å². The second-order valence-corrected chi connectivity index (χ2v) is 4.86. The van der Waals surface area contributed by atoms with E-state index in [4.69, 9.17) is 9.47 Å². The van der Waals surface area contributed by atoms with Crippen LogP contribution in [0, 0.1) is 0 Å². The Morgan fingerprint density at radius 2 is 2.10 bits per heavy atom. The lowest BCUT2D eigenvalue weighted by Gasteiger charge is -2.16. The molecular weight excluding hydrogens is 268 g/mol. The van der Waals surface area contributed by atoms with Gasteiger partial charge in [-0.05, 0) is 24.6 Å². The second kappa shape index (κ2) is 7.13. The lowest BCUT2D eigenvalue weighted by molar-refractivity contribution is 0.169. The van der Waals surface area contributed by atoms with E-state index in [1.54, 1.807) is 32.5 Å². The lowest BCUT2D eigenvalue weighted by atomic mass is 10.0. The number of aromatic nitrogens is 2. The maximum Gasteiger partial charge on any atom is 0.124 e. The molecular formula is C16H22N2O3. The summed E-state index contributed by atoms with van der Waals surface area (Å²) >= 11 is 0. The Labute approximate surface area is 125 Å². The quantitative estimate of drug-likeness (QED) is 0.851. The molecule has 21 heavy (non-hydrogen) atoms. The fourth-order valence-electron chi connectivity index (χ4n) is 2.36. The number of hydrogen-bond acceptors (Lipinski definition) is 4. The monoisotopic (exact) mass is 290 g/mol. The average molecular weight is 290 g/mol. The maximum absolute atomic E-state index is 10.5. The maximum atomic E-state index is 10.5. The second-order valence-electron chi connectivity index (χ2n) is 4.86. The molecule has 0 radical (unpaired) electrons. The molecule has 5 nitrogen and oxygen atoms in total. The van der Waals surface area contributed by atoms with Crippen LogP contribution in [0.3, 0.4) is 0 Å². The van der Waals surface area contributed by atoms with Gasteiger partial charge in [-0.1, -0.05) is 6.92 Å². The van der Waals surface area contributed by atoms with Gasteiger partial charge in [0.2, 0.25) is 0 Å². The van der Waals surface area contributed by atoms with Crippen molar-refractivity contribution < 1.29 is 14.6 Å². The molecule has 0 saturated heterocycles. The van der Waals surface area contributed by atoms with Crippen LogP contribution < -0.4 is 9.47 Å². The Balaban J connectivity index is 2.22. The molecule has 0 bridgehead atoms. The summed E-state index contributed by atoms with van der Waals surface area (Å²) in [7, 11) is 3.20. The van der Waals surface area contributed by atoms with Crippen LogP contribution in [-0.2, 0) is 13.0 Å². The highest BCUT2D eigenvalue weighted by atomic mass is 16.5. The largest absolute Gasteiger partial charge is 0.497 e. The highest BCUT2D eigenvalue weighted by Crippen LogP contribution is 2.31. The Morgan fingerprint density at radius 3 is 2.76 bits per heavy atom. The van der Waals surface area contributed by atoms with Gasteiger partial charge in [-0.25, -0.2) is 4.98 Å². The number of rotatable bonds is 7. The van der Waals surface area contributed by atoms with Crippen molar-refractivity contribution in [2.24, 2.45) is 0 Å². The van der Waals surface area contributed by atoms with Gasteiger partial charge in [0.1, 0.15) is 17.3 Å². The van der Waals surface area contributed by atoms with Gasteiger partial charge in [0.15, 0.2) is 0 Å². The first-order valence-corrected chi connectivity index (χ1v) is 7.09. The number of nitrogens with zero attached hydrogens (tertiary/aromatic N) is 2. The molecule has 0 saturated carbocycles. The number of ether oxygens (including phenoxy) is 2. The molecule has 2 aromatic rings. The minimum atomic E-state index is -0.687. The SMILES string of the molecule is CCCn1ccnc1CC(O)c1cc(OC)ccc1OC. The van der Waals surface area contributed by atoms with Crippen molar-refractivity contribution in [1.29, 1.82) is 0 Å². The van der Waals surface area contributed by atoms with Crippen LogP contribution in [-0.4, -0.2) is 28.9 Å². The van der Waals surface area contributed by atoms with E-state index in [0.717, 1.165) is 18.8 Å². The molecule has 1 atom stereocenters. The number of aryl methyl sites for hydroxylation is 1. The van der Waals surface area contributed by atoms with Crippen molar-refractivity contribution >= 4 is 0 Å². The average Bonchev–Trinajstić information content (AvgIpc) is 2.94. The Morgan fingerprint density at radius 1 is 1.29 bits per heavy atom. The van der Waals surface area contributed by atoms with Crippen LogP contribution >= 0.6 is 0 Å². The number of methoxy groups -OCH3 is 2. The number of aliphatic hydroxyl groups is 1. The highest BCUT2D eigenvalue weighted by molar-refractivity contribution is 5.41. The molecule has 2 rings (SSSR count). The molecule has 5 heteroatoms. The Bertz CT molecular complexity index is 581. The van der Waals surface area contributed by atoms with Crippen LogP contribution in [0.2, 0.25) is 0 Å². The summed E-state index contributed by atoms with van der Waals surface area (Å²) in [5, 5.41) is 10.5. The third kappa shape index (κ3) is 3.55. The van der Waals surface area contributed by atoms with E-state index in [-0.39, 0.29) is 0 Å². The van der Waals surface area contributed by atoms with Crippen LogP contribution in [0.5, 0.6) is 11.5 Å². The number of imidazole rings is 1. The van der Waals surface area contributed by atoms with Crippen molar-refractivity contribution in [2.45, 2.75) is 32.4 Å². The van der Waals surface area contributed by atoms with Gasteiger partial charge in [0, 0.05) is 30.9 Å². The van der Waals surface area contributed by atoms with Gasteiger partial charge in [-0.2, -0.15) is 0 Å². The topological polar surface area (TPSA) is 56.5 Å². The Hall–Kier alpha value is -2.01. The molecule has 1 heterocycles. The molecule has 0 aliphatic rings. The fraction of sp³-hybridized carbons (Fsp3) is 0.438. The third-order valence-corrected chi connectivity index (χ3v) is 3.44. The normalized spacial score (nSPS) is 12.2. The zero-order valence-corrected chi connectivity index (χ0v) is 12.7. The van der Waals surface area contributed by atoms with Gasteiger partial charge >= 0.3 is 0 Å². The van der Waals surface area contributed by atoms with Gasteiger partial charge in [-0.15, -0.1) is 0 Å². The summed E-state index contributed by atoms with van der Waals surface area (Å²) in [6.45, 7) is 3.02. The van der Waals surface area contributed by atoms with E-state index in [0.29, 0.717) is 23.5 Å². The summed E-state index contributed by atoms with van der Waals surface area (Å²) in [4.78, 5) is 4.33. The fourth-order valence-corrected chi connectivity index (χ4v) is 2.36. The van der Waals surface area contributed by atoms with E-state index >= 15 is 0 Å². The zero-order chi connectivity index (χ0) is 15.2. The molecule has 0 fully saturated rings. The van der Waals surface area contributed by atoms with Crippen molar-refractivity contribution in [1.82, 2.24) is 9.55 Å². The smallest absolute Gasteiger partial charge is 0.124 e. The molecule has 114 valence electrons. The zero-order valence-electron chi connectivity index (χ0n) is 12.7. The first kappa shape index (κ1) is 15.4. The van der Waals surface area contributed by atoms with Crippen molar-refractivity contribution in [3.63, 3.8) is 0 Å². The number of aliphatic hydroxyl groups excluding tert-OH is 1. The van der Waals surface area contributed by atoms with E-state index in [9.17, 15) is 5.11 Å². The van der Waals surface area contributed by atoms with E-state index in [1.165, 1.54) is 0 Å². The molecule has 0 aliphatic heterocycles. The van der Waals surface area contributed by atoms with Crippen LogP contribution in [0.4, 0.5) is 0 Å². The number of benzene rings is 1. The summed E-state index contributed by atoms with van der Waals surface area (Å²) in [5.74, 6) is 2.22. The Kier molecular flexibility index (Phi) is 5.22. The molecule has 1 unspecified atom stereocenters. The predicted molar refractivity (Wildman–Crippen MR) is 80.7 cm³/mol. The standard InChI is InChI=1S/C16H22N2O3/c1-4-8-18-9-7-17-16(18)11-14(19)13-10-12(20-2)5-6-15(13)21-3/h5-7,9-10,14,19H,4,8,11H2,1-3H3. The van der Waals surface area contributed by atoms with Crippen LogP contribution in [0.25, 0.3) is 0 Å². The summed E-state index contributed by atoms with van der Waals surface area (Å²) in [5.41, 5.74) is 0.711. The van der Waals surface area contributed by atoms with Crippen molar-refractivity contribution in [3.8, 4) is 11.5 Å². The molecule has 0 amide bonds. The van der Waals surface area contributed by atoms with Gasteiger partial charge in [0.25, 0.3) is 0 Å². The van der Waals surface area contributed by atoms with Gasteiger partial charge < -0.3 is 19.1 Å².